The molecule has 112 valence electrons. The van der Waals surface area contributed by atoms with Crippen LogP contribution in [0.25, 0.3) is 0 Å². The Morgan fingerprint density at radius 1 is 1.35 bits per heavy atom. The minimum Gasteiger partial charge on any atom is -0.399 e. The number of piperidine rings is 1. The second kappa shape index (κ2) is 6.11. The van der Waals surface area contributed by atoms with Crippen molar-refractivity contribution in [3.8, 4) is 0 Å². The molecule has 20 heavy (non-hydrogen) atoms. The highest BCUT2D eigenvalue weighted by Crippen LogP contribution is 2.19. The van der Waals surface area contributed by atoms with Gasteiger partial charge in [-0.25, -0.2) is 12.7 Å². The molecule has 1 aromatic rings. The number of nitrogen functional groups attached to an aromatic ring is 1. The highest BCUT2D eigenvalue weighted by Gasteiger charge is 2.26. The molecule has 2 rings (SSSR count). The molecule has 0 unspecified atom stereocenters. The van der Waals surface area contributed by atoms with E-state index < -0.39 is 10.0 Å². The Balaban J connectivity index is 1.89. The summed E-state index contributed by atoms with van der Waals surface area (Å²) in [6.07, 6.45) is 3.03. The Labute approximate surface area is 121 Å². The second-order valence-electron chi connectivity index (χ2n) is 5.53. The van der Waals surface area contributed by atoms with Crippen molar-refractivity contribution in [3.63, 3.8) is 0 Å². The van der Waals surface area contributed by atoms with Gasteiger partial charge in [-0.15, -0.1) is 0 Å². The van der Waals surface area contributed by atoms with Gasteiger partial charge >= 0.3 is 0 Å². The zero-order valence-electron chi connectivity index (χ0n) is 12.1. The van der Waals surface area contributed by atoms with Crippen molar-refractivity contribution in [1.82, 2.24) is 9.21 Å². The maximum atomic E-state index is 11.5. The number of nitrogens with two attached hydrogens (primary N) is 1. The van der Waals surface area contributed by atoms with Crippen LogP contribution in [0.5, 0.6) is 0 Å². The molecule has 0 radical (unpaired) electrons. The Bertz CT molecular complexity index is 551. The van der Waals surface area contributed by atoms with Crippen molar-refractivity contribution in [2.45, 2.75) is 25.4 Å². The zero-order chi connectivity index (χ0) is 14.8. The van der Waals surface area contributed by atoms with Gasteiger partial charge in [0.25, 0.3) is 0 Å². The highest BCUT2D eigenvalue weighted by atomic mass is 32.2. The van der Waals surface area contributed by atoms with Crippen molar-refractivity contribution in [2.24, 2.45) is 0 Å². The van der Waals surface area contributed by atoms with Gasteiger partial charge in [-0.1, -0.05) is 12.1 Å². The molecule has 2 N–H and O–H groups in total. The SMILES string of the molecule is CN(C1CCN(Cc2cccc(N)c2)CC1)S(C)(=O)=O. The van der Waals surface area contributed by atoms with Crippen LogP contribution in [0.1, 0.15) is 18.4 Å². The van der Waals surface area contributed by atoms with Crippen LogP contribution in [0.15, 0.2) is 24.3 Å². The third kappa shape index (κ3) is 3.94. The third-order valence-electron chi connectivity index (χ3n) is 3.95. The van der Waals surface area contributed by atoms with Crippen molar-refractivity contribution in [3.05, 3.63) is 29.8 Å². The van der Waals surface area contributed by atoms with E-state index in [-0.39, 0.29) is 6.04 Å². The fraction of sp³-hybridized carbons (Fsp3) is 0.571. The predicted molar refractivity (Wildman–Crippen MR) is 81.8 cm³/mol. The van der Waals surface area contributed by atoms with Crippen LogP contribution < -0.4 is 5.73 Å². The quantitative estimate of drug-likeness (QED) is 0.846. The zero-order valence-corrected chi connectivity index (χ0v) is 12.9. The van der Waals surface area contributed by atoms with Gasteiger partial charge in [0.2, 0.25) is 10.0 Å². The number of hydrogen-bond acceptors (Lipinski definition) is 4. The molecule has 0 spiro atoms. The molecule has 6 heteroatoms. The van der Waals surface area contributed by atoms with Crippen molar-refractivity contribution < 1.29 is 8.42 Å². The van der Waals surface area contributed by atoms with E-state index in [1.54, 1.807) is 7.05 Å². The van der Waals surface area contributed by atoms with Gasteiger partial charge in [0, 0.05) is 38.4 Å². The topological polar surface area (TPSA) is 66.6 Å². The van der Waals surface area contributed by atoms with Gasteiger partial charge in [0.05, 0.1) is 6.26 Å². The minimum absolute atomic E-state index is 0.127. The lowest BCUT2D eigenvalue weighted by molar-refractivity contribution is 0.164. The second-order valence-corrected chi connectivity index (χ2v) is 7.57. The summed E-state index contributed by atoms with van der Waals surface area (Å²) in [4.78, 5) is 2.35. The molecule has 1 aliphatic heterocycles. The van der Waals surface area contributed by atoms with Gasteiger partial charge in [-0.05, 0) is 30.5 Å². The first-order chi connectivity index (χ1) is 9.36. The Hall–Kier alpha value is -1.11. The first-order valence-electron chi connectivity index (χ1n) is 6.86. The lowest BCUT2D eigenvalue weighted by Crippen LogP contribution is -2.44. The minimum atomic E-state index is -3.09. The first-order valence-corrected chi connectivity index (χ1v) is 8.71. The summed E-state index contributed by atoms with van der Waals surface area (Å²) in [7, 11) is -1.41. The standard InChI is InChI=1S/C14H23N3O2S/c1-16(20(2,18)19)14-6-8-17(9-7-14)11-12-4-3-5-13(15)10-12/h3-5,10,14H,6-9,11,15H2,1-2H3. The molecule has 1 aliphatic rings. The summed E-state index contributed by atoms with van der Waals surface area (Å²) in [6.45, 7) is 2.71. The normalized spacial score (nSPS) is 18.6. The molecule has 1 heterocycles. The number of hydrogen-bond donors (Lipinski definition) is 1. The largest absolute Gasteiger partial charge is 0.399 e. The summed E-state index contributed by atoms with van der Waals surface area (Å²) >= 11 is 0. The Kier molecular flexibility index (Phi) is 4.67. The molecule has 0 atom stereocenters. The van der Waals surface area contributed by atoms with Crippen LogP contribution in [0.3, 0.4) is 0 Å². The van der Waals surface area contributed by atoms with Crippen LogP contribution in [-0.2, 0) is 16.6 Å². The predicted octanol–water partition coefficient (Wildman–Crippen LogP) is 1.12. The fourth-order valence-corrected chi connectivity index (χ4v) is 3.41. The average molecular weight is 297 g/mol. The number of benzene rings is 1. The van der Waals surface area contributed by atoms with Crippen molar-refractivity contribution >= 4 is 15.7 Å². The maximum absolute atomic E-state index is 11.5. The summed E-state index contributed by atoms with van der Waals surface area (Å²) in [5, 5.41) is 0. The van der Waals surface area contributed by atoms with E-state index in [9.17, 15) is 8.42 Å². The molecular weight excluding hydrogens is 274 g/mol. The van der Waals surface area contributed by atoms with E-state index in [0.717, 1.165) is 38.2 Å². The van der Waals surface area contributed by atoms with E-state index in [2.05, 4.69) is 11.0 Å². The summed E-state index contributed by atoms with van der Waals surface area (Å²) in [6, 6.07) is 8.05. The number of rotatable bonds is 4. The maximum Gasteiger partial charge on any atom is 0.211 e. The molecule has 0 aromatic heterocycles. The van der Waals surface area contributed by atoms with Gasteiger partial charge < -0.3 is 5.73 Å². The van der Waals surface area contributed by atoms with E-state index in [1.807, 2.05) is 18.2 Å². The van der Waals surface area contributed by atoms with E-state index in [1.165, 1.54) is 16.1 Å². The summed E-state index contributed by atoms with van der Waals surface area (Å²) in [5.74, 6) is 0. The molecule has 0 aliphatic carbocycles. The first kappa shape index (κ1) is 15.3. The van der Waals surface area contributed by atoms with Crippen LogP contribution in [0.4, 0.5) is 5.69 Å². The van der Waals surface area contributed by atoms with Crippen LogP contribution in [-0.4, -0.2) is 50.1 Å². The Morgan fingerprint density at radius 3 is 2.55 bits per heavy atom. The highest BCUT2D eigenvalue weighted by molar-refractivity contribution is 7.88. The summed E-state index contributed by atoms with van der Waals surface area (Å²) in [5.41, 5.74) is 7.78. The lowest BCUT2D eigenvalue weighted by Gasteiger charge is -2.35. The third-order valence-corrected chi connectivity index (χ3v) is 5.30. The number of sulfonamides is 1. The lowest BCUT2D eigenvalue weighted by atomic mass is 10.0. The molecule has 1 fully saturated rings. The molecule has 1 aromatic carbocycles. The van der Waals surface area contributed by atoms with Crippen LogP contribution in [0.2, 0.25) is 0 Å². The molecule has 0 saturated carbocycles. The fourth-order valence-electron chi connectivity index (χ4n) is 2.66. The van der Waals surface area contributed by atoms with Crippen molar-refractivity contribution in [2.75, 3.05) is 32.1 Å². The van der Waals surface area contributed by atoms with Gasteiger partial charge in [-0.2, -0.15) is 0 Å². The van der Waals surface area contributed by atoms with Crippen molar-refractivity contribution in [1.29, 1.82) is 0 Å². The van der Waals surface area contributed by atoms with E-state index in [4.69, 9.17) is 5.73 Å². The molecule has 0 bridgehead atoms. The number of likely N-dealkylation sites (tertiary alicyclic amines) is 1. The van der Waals surface area contributed by atoms with Crippen LogP contribution in [0, 0.1) is 0 Å². The Morgan fingerprint density at radius 2 is 2.00 bits per heavy atom. The monoisotopic (exact) mass is 297 g/mol. The average Bonchev–Trinajstić information content (AvgIpc) is 2.38. The smallest absolute Gasteiger partial charge is 0.211 e. The van der Waals surface area contributed by atoms with Crippen LogP contribution >= 0.6 is 0 Å². The number of nitrogens with zero attached hydrogens (tertiary/aromatic N) is 2. The van der Waals surface area contributed by atoms with Gasteiger partial charge in [0.1, 0.15) is 0 Å². The molecule has 1 saturated heterocycles. The van der Waals surface area contributed by atoms with Gasteiger partial charge in [0.15, 0.2) is 0 Å². The van der Waals surface area contributed by atoms with Gasteiger partial charge in [-0.3, -0.25) is 4.90 Å². The van der Waals surface area contributed by atoms with E-state index >= 15 is 0 Å². The summed E-state index contributed by atoms with van der Waals surface area (Å²) < 4.78 is 24.6. The number of anilines is 1. The molecular formula is C14H23N3O2S. The van der Waals surface area contributed by atoms with E-state index in [0.29, 0.717) is 0 Å². The molecule has 0 amide bonds. The molecule has 5 nitrogen and oxygen atoms in total.